The van der Waals surface area contributed by atoms with Gasteiger partial charge < -0.3 is 0 Å². The second kappa shape index (κ2) is 2.28. The van der Waals surface area contributed by atoms with Gasteiger partial charge in [0.2, 0.25) is 0 Å². The lowest BCUT2D eigenvalue weighted by Gasteiger charge is -2.03. The van der Waals surface area contributed by atoms with E-state index in [0.717, 1.165) is 12.3 Å². The van der Waals surface area contributed by atoms with Crippen molar-refractivity contribution in [1.82, 2.24) is 4.98 Å². The standard InChI is InChI=1S/C6H4F3N/c7-6(8,9)5-1-3-10-4-2-5/h1-4H/i3D. The summed E-state index contributed by atoms with van der Waals surface area (Å²) in [5.41, 5.74) is -0.836. The monoisotopic (exact) mass is 148 g/mol. The Morgan fingerprint density at radius 2 is 2.10 bits per heavy atom. The SMILES string of the molecule is [2H]c1cc(C(F)(F)F)ccn1. The molecule has 0 N–H and O–H groups in total. The highest BCUT2D eigenvalue weighted by molar-refractivity contribution is 5.12. The Kier molecular flexibility index (Phi) is 1.30. The van der Waals surface area contributed by atoms with Gasteiger partial charge in [0.1, 0.15) is 0 Å². The van der Waals surface area contributed by atoms with Crippen LogP contribution in [-0.2, 0) is 6.18 Å². The molecule has 0 atom stereocenters. The van der Waals surface area contributed by atoms with Crippen LogP contribution in [-0.4, -0.2) is 4.98 Å². The van der Waals surface area contributed by atoms with Gasteiger partial charge in [0.05, 0.1) is 6.93 Å². The van der Waals surface area contributed by atoms with Gasteiger partial charge in [0.15, 0.2) is 0 Å². The van der Waals surface area contributed by atoms with E-state index in [1.807, 2.05) is 0 Å². The molecule has 1 nitrogen and oxygen atoms in total. The van der Waals surface area contributed by atoms with Gasteiger partial charge >= 0.3 is 6.18 Å². The van der Waals surface area contributed by atoms with E-state index in [4.69, 9.17) is 1.37 Å². The van der Waals surface area contributed by atoms with Crippen molar-refractivity contribution in [3.05, 3.63) is 30.1 Å². The summed E-state index contributed by atoms with van der Waals surface area (Å²) >= 11 is 0. The number of alkyl halides is 3. The number of hydrogen-bond donors (Lipinski definition) is 0. The fourth-order valence-electron chi connectivity index (χ4n) is 0.492. The lowest BCUT2D eigenvalue weighted by atomic mass is 10.3. The first kappa shape index (κ1) is 5.70. The fourth-order valence-corrected chi connectivity index (χ4v) is 0.492. The van der Waals surface area contributed by atoms with Crippen molar-refractivity contribution in [3.8, 4) is 0 Å². The number of nitrogens with zero attached hydrogens (tertiary/aromatic N) is 1. The normalized spacial score (nSPS) is 12.9. The number of rotatable bonds is 0. The third-order valence-corrected chi connectivity index (χ3v) is 0.951. The van der Waals surface area contributed by atoms with Gasteiger partial charge in [-0.25, -0.2) is 0 Å². The van der Waals surface area contributed by atoms with Crippen LogP contribution in [0.5, 0.6) is 0 Å². The summed E-state index contributed by atoms with van der Waals surface area (Å²) in [7, 11) is 0. The molecule has 0 aromatic carbocycles. The second-order valence-electron chi connectivity index (χ2n) is 1.67. The summed E-state index contributed by atoms with van der Waals surface area (Å²) in [5.74, 6) is 0. The van der Waals surface area contributed by atoms with Crippen LogP contribution in [0.1, 0.15) is 6.93 Å². The van der Waals surface area contributed by atoms with Crippen LogP contribution in [0.25, 0.3) is 0 Å². The average molecular weight is 148 g/mol. The van der Waals surface area contributed by atoms with Crippen molar-refractivity contribution in [3.63, 3.8) is 0 Å². The topological polar surface area (TPSA) is 12.9 Å². The van der Waals surface area contributed by atoms with E-state index < -0.39 is 11.7 Å². The Balaban J connectivity index is 3.06. The molecule has 0 unspecified atom stereocenters. The summed E-state index contributed by atoms with van der Waals surface area (Å²) in [5, 5.41) is 0. The van der Waals surface area contributed by atoms with E-state index in [1.165, 1.54) is 0 Å². The fraction of sp³-hybridized carbons (Fsp3) is 0.167. The first-order valence-electron chi connectivity index (χ1n) is 3.00. The highest BCUT2D eigenvalue weighted by Gasteiger charge is 2.29. The van der Waals surface area contributed by atoms with E-state index in [-0.39, 0.29) is 6.17 Å². The maximum Gasteiger partial charge on any atom is 0.416 e. The zero-order valence-corrected chi connectivity index (χ0v) is 4.81. The Bertz CT molecular complexity index is 258. The average Bonchev–Trinajstić information content (AvgIpc) is 1.86. The molecule has 1 aromatic heterocycles. The molecule has 0 aliphatic carbocycles. The third kappa shape index (κ3) is 1.46. The molecule has 0 amide bonds. The van der Waals surface area contributed by atoms with E-state index in [2.05, 4.69) is 4.98 Å². The van der Waals surface area contributed by atoms with Gasteiger partial charge in [0.25, 0.3) is 0 Å². The highest BCUT2D eigenvalue weighted by atomic mass is 19.4. The summed E-state index contributed by atoms with van der Waals surface area (Å²) in [6.45, 7) is 0. The zero-order valence-electron chi connectivity index (χ0n) is 5.81. The van der Waals surface area contributed by atoms with Crippen LogP contribution in [0.15, 0.2) is 24.5 Å². The maximum absolute atomic E-state index is 11.9. The van der Waals surface area contributed by atoms with Gasteiger partial charge in [-0.1, -0.05) is 0 Å². The van der Waals surface area contributed by atoms with Gasteiger partial charge in [-0.05, 0) is 12.1 Å². The molecule has 1 heterocycles. The molecule has 0 saturated heterocycles. The molecule has 0 spiro atoms. The lowest BCUT2D eigenvalue weighted by molar-refractivity contribution is -0.137. The number of aromatic nitrogens is 1. The third-order valence-electron chi connectivity index (χ3n) is 0.951. The van der Waals surface area contributed by atoms with E-state index in [1.54, 1.807) is 0 Å². The maximum atomic E-state index is 11.9. The molecule has 0 aliphatic heterocycles. The summed E-state index contributed by atoms with van der Waals surface area (Å²) in [4.78, 5) is 3.32. The molecular formula is C6H4F3N. The molecule has 0 saturated carbocycles. The van der Waals surface area contributed by atoms with Crippen molar-refractivity contribution < 1.29 is 14.5 Å². The molecule has 0 bridgehead atoms. The minimum absolute atomic E-state index is 0.375. The van der Waals surface area contributed by atoms with Crippen LogP contribution in [0, 0.1) is 0 Å². The van der Waals surface area contributed by atoms with Gasteiger partial charge in [-0.3, -0.25) is 4.98 Å². The van der Waals surface area contributed by atoms with E-state index in [0.29, 0.717) is 6.07 Å². The Morgan fingerprint density at radius 3 is 2.50 bits per heavy atom. The van der Waals surface area contributed by atoms with Crippen LogP contribution < -0.4 is 0 Å². The summed E-state index contributed by atoms with van der Waals surface area (Å²) < 4.78 is 42.4. The quantitative estimate of drug-likeness (QED) is 0.549. The molecule has 54 valence electrons. The summed E-state index contributed by atoms with van der Waals surface area (Å²) in [6, 6.07) is 1.51. The van der Waals surface area contributed by atoms with Crippen LogP contribution in [0.3, 0.4) is 0 Å². The van der Waals surface area contributed by atoms with Crippen LogP contribution >= 0.6 is 0 Å². The predicted octanol–water partition coefficient (Wildman–Crippen LogP) is 2.10. The molecular weight excluding hydrogens is 143 g/mol. The second-order valence-corrected chi connectivity index (χ2v) is 1.67. The first-order chi connectivity index (χ1) is 5.00. The van der Waals surface area contributed by atoms with Crippen molar-refractivity contribution in [1.29, 1.82) is 0 Å². The van der Waals surface area contributed by atoms with Gasteiger partial charge in [-0.2, -0.15) is 13.2 Å². The van der Waals surface area contributed by atoms with Crippen molar-refractivity contribution in [2.45, 2.75) is 6.18 Å². The Hall–Kier alpha value is -1.06. The molecule has 0 radical (unpaired) electrons. The molecule has 1 aromatic rings. The zero-order chi connectivity index (χ0) is 8.48. The predicted molar refractivity (Wildman–Crippen MR) is 29.2 cm³/mol. The van der Waals surface area contributed by atoms with Crippen molar-refractivity contribution in [2.24, 2.45) is 0 Å². The number of hydrogen-bond acceptors (Lipinski definition) is 1. The minimum atomic E-state index is -4.38. The van der Waals surface area contributed by atoms with Crippen molar-refractivity contribution >= 4 is 0 Å². The smallest absolute Gasteiger partial charge is 0.265 e. The highest BCUT2D eigenvalue weighted by Crippen LogP contribution is 2.27. The molecule has 0 fully saturated rings. The molecule has 10 heavy (non-hydrogen) atoms. The molecule has 4 heteroatoms. The first-order valence-corrected chi connectivity index (χ1v) is 2.50. The summed E-state index contributed by atoms with van der Waals surface area (Å²) in [6.07, 6.45) is -3.79. The Labute approximate surface area is 56.9 Å². The van der Waals surface area contributed by atoms with E-state index >= 15 is 0 Å². The largest absolute Gasteiger partial charge is 0.416 e. The van der Waals surface area contributed by atoms with E-state index in [9.17, 15) is 13.2 Å². The Morgan fingerprint density at radius 1 is 1.40 bits per heavy atom. The van der Waals surface area contributed by atoms with Gasteiger partial charge in [0, 0.05) is 12.4 Å². The van der Waals surface area contributed by atoms with Crippen molar-refractivity contribution in [2.75, 3.05) is 0 Å². The molecule has 1 rings (SSSR count). The molecule has 0 aliphatic rings. The minimum Gasteiger partial charge on any atom is -0.265 e. The van der Waals surface area contributed by atoms with Crippen LogP contribution in [0.2, 0.25) is 0 Å². The lowest BCUT2D eigenvalue weighted by Crippen LogP contribution is -2.03. The van der Waals surface area contributed by atoms with Gasteiger partial charge in [-0.15, -0.1) is 0 Å². The number of pyridine rings is 1. The van der Waals surface area contributed by atoms with Crippen LogP contribution in [0.4, 0.5) is 13.2 Å². The number of halogens is 3.